The van der Waals surface area contributed by atoms with Crippen molar-refractivity contribution < 1.29 is 24.2 Å². The number of allylic oxidation sites excluding steroid dienone is 2. The van der Waals surface area contributed by atoms with Crippen LogP contribution in [0.15, 0.2) is 23.8 Å². The Bertz CT molecular complexity index is 681. The number of hydrogen-bond donors (Lipinski definition) is 1. The van der Waals surface area contributed by atoms with Crippen LogP contribution in [0.25, 0.3) is 0 Å². The van der Waals surface area contributed by atoms with Crippen molar-refractivity contribution in [3.8, 4) is 0 Å². The number of aliphatic hydroxyl groups is 1. The van der Waals surface area contributed by atoms with Gasteiger partial charge in [0.15, 0.2) is 6.10 Å². The molecular formula is C25H40O5. The summed E-state index contributed by atoms with van der Waals surface area (Å²) in [5.41, 5.74) is 2.86. The van der Waals surface area contributed by atoms with Crippen LogP contribution in [-0.4, -0.2) is 36.4 Å². The fraction of sp³-hybridized carbons (Fsp3) is 0.760. The average molecular weight is 421 g/mol. The van der Waals surface area contributed by atoms with Gasteiger partial charge in [0.05, 0.1) is 6.61 Å². The minimum atomic E-state index is -0.838. The van der Waals surface area contributed by atoms with Gasteiger partial charge in [-0.1, -0.05) is 38.5 Å². The number of rotatable bonds is 8. The van der Waals surface area contributed by atoms with Crippen LogP contribution in [0, 0.1) is 22.7 Å². The van der Waals surface area contributed by atoms with E-state index in [0.717, 1.165) is 24.8 Å². The van der Waals surface area contributed by atoms with Crippen LogP contribution in [0.5, 0.6) is 0 Å². The molecule has 1 N–H and O–H groups in total. The Balaban J connectivity index is 2.00. The zero-order valence-corrected chi connectivity index (χ0v) is 19.5. The fourth-order valence-electron chi connectivity index (χ4n) is 5.66. The first-order chi connectivity index (χ1) is 14.0. The molecular weight excluding hydrogens is 380 g/mol. The Morgan fingerprint density at radius 3 is 2.63 bits per heavy atom. The summed E-state index contributed by atoms with van der Waals surface area (Å²) in [6.07, 6.45) is 8.64. The van der Waals surface area contributed by atoms with Crippen LogP contribution in [0.3, 0.4) is 0 Å². The molecule has 0 saturated heterocycles. The number of carbonyl (C=O) groups excluding carboxylic acids is 2. The Hall–Kier alpha value is -1.62. The van der Waals surface area contributed by atoms with E-state index in [1.54, 1.807) is 0 Å². The van der Waals surface area contributed by atoms with Gasteiger partial charge in [-0.05, 0) is 74.5 Å². The van der Waals surface area contributed by atoms with Gasteiger partial charge in [0.2, 0.25) is 0 Å². The predicted molar refractivity (Wildman–Crippen MR) is 118 cm³/mol. The number of esters is 2. The first-order valence-electron chi connectivity index (χ1n) is 11.3. The Morgan fingerprint density at radius 1 is 1.30 bits per heavy atom. The number of aliphatic hydroxyl groups excluding tert-OH is 1. The van der Waals surface area contributed by atoms with Crippen LogP contribution in [0.1, 0.15) is 79.6 Å². The number of carbonyl (C=O) groups is 2. The summed E-state index contributed by atoms with van der Waals surface area (Å²) in [6, 6.07) is 0. The summed E-state index contributed by atoms with van der Waals surface area (Å²) in [4.78, 5) is 23.1. The monoisotopic (exact) mass is 420 g/mol. The number of hydrogen-bond acceptors (Lipinski definition) is 5. The third-order valence-electron chi connectivity index (χ3n) is 7.95. The van der Waals surface area contributed by atoms with Crippen LogP contribution in [0.2, 0.25) is 0 Å². The average Bonchev–Trinajstić information content (AvgIpc) is 2.68. The SMILES string of the molecule is C=C1CCC[C@H]2[C@](C)(CCC(C)=CC(=O)O[C@@H](CO)COC(C)=O)[C@@H](C)CC[C@]12C. The highest BCUT2D eigenvalue weighted by molar-refractivity contribution is 5.82. The molecule has 0 unspecified atom stereocenters. The van der Waals surface area contributed by atoms with E-state index >= 15 is 0 Å². The number of fused-ring (bicyclic) bond motifs is 1. The smallest absolute Gasteiger partial charge is 0.331 e. The van der Waals surface area contributed by atoms with E-state index in [0.29, 0.717) is 11.8 Å². The minimum Gasteiger partial charge on any atom is -0.462 e. The molecule has 0 spiro atoms. The highest BCUT2D eigenvalue weighted by Gasteiger charge is 2.53. The highest BCUT2D eigenvalue weighted by Crippen LogP contribution is 2.62. The molecule has 0 amide bonds. The van der Waals surface area contributed by atoms with Crippen molar-refractivity contribution in [1.29, 1.82) is 0 Å². The van der Waals surface area contributed by atoms with Gasteiger partial charge in [-0.15, -0.1) is 0 Å². The summed E-state index contributed by atoms with van der Waals surface area (Å²) < 4.78 is 10.0. The molecule has 170 valence electrons. The van der Waals surface area contributed by atoms with Crippen molar-refractivity contribution in [3.63, 3.8) is 0 Å². The van der Waals surface area contributed by atoms with Gasteiger partial charge in [0, 0.05) is 13.0 Å². The Kier molecular flexibility index (Phi) is 8.32. The maximum atomic E-state index is 12.2. The molecule has 5 heteroatoms. The lowest BCUT2D eigenvalue weighted by atomic mass is 9.46. The molecule has 0 bridgehead atoms. The molecule has 2 fully saturated rings. The molecule has 2 rings (SSSR count). The van der Waals surface area contributed by atoms with Crippen LogP contribution < -0.4 is 0 Å². The molecule has 0 aromatic heterocycles. The van der Waals surface area contributed by atoms with Crippen LogP contribution in [-0.2, 0) is 19.1 Å². The second-order valence-corrected chi connectivity index (χ2v) is 9.95. The van der Waals surface area contributed by atoms with Gasteiger partial charge < -0.3 is 14.6 Å². The summed E-state index contributed by atoms with van der Waals surface area (Å²) in [5.74, 6) is 0.306. The molecule has 5 nitrogen and oxygen atoms in total. The zero-order chi connectivity index (χ0) is 22.5. The molecule has 2 aliphatic carbocycles. The second kappa shape index (κ2) is 10.1. The molecule has 0 aliphatic heterocycles. The van der Waals surface area contributed by atoms with Gasteiger partial charge in [0.1, 0.15) is 6.61 Å². The Labute approximate surface area is 181 Å². The lowest BCUT2D eigenvalue weighted by molar-refractivity contribution is -0.156. The highest BCUT2D eigenvalue weighted by atomic mass is 16.6. The maximum Gasteiger partial charge on any atom is 0.331 e. The van der Waals surface area contributed by atoms with E-state index in [9.17, 15) is 14.7 Å². The van der Waals surface area contributed by atoms with E-state index in [1.807, 2.05) is 6.92 Å². The van der Waals surface area contributed by atoms with Gasteiger partial charge in [-0.25, -0.2) is 4.79 Å². The van der Waals surface area contributed by atoms with Gasteiger partial charge in [0.25, 0.3) is 0 Å². The van der Waals surface area contributed by atoms with Crippen molar-refractivity contribution in [1.82, 2.24) is 0 Å². The molecule has 0 aromatic rings. The minimum absolute atomic E-state index is 0.135. The van der Waals surface area contributed by atoms with E-state index < -0.39 is 18.0 Å². The van der Waals surface area contributed by atoms with E-state index in [1.165, 1.54) is 44.3 Å². The van der Waals surface area contributed by atoms with E-state index in [4.69, 9.17) is 9.47 Å². The fourth-order valence-corrected chi connectivity index (χ4v) is 5.66. The molecule has 30 heavy (non-hydrogen) atoms. The molecule has 0 aromatic carbocycles. The molecule has 5 atom stereocenters. The number of ether oxygens (including phenoxy) is 2. The summed E-state index contributed by atoms with van der Waals surface area (Å²) >= 11 is 0. The van der Waals surface area contributed by atoms with Crippen molar-refractivity contribution in [2.45, 2.75) is 85.7 Å². The Morgan fingerprint density at radius 2 is 2.00 bits per heavy atom. The van der Waals surface area contributed by atoms with E-state index in [-0.39, 0.29) is 24.0 Å². The van der Waals surface area contributed by atoms with Crippen molar-refractivity contribution in [3.05, 3.63) is 23.8 Å². The van der Waals surface area contributed by atoms with Crippen molar-refractivity contribution in [2.75, 3.05) is 13.2 Å². The van der Waals surface area contributed by atoms with E-state index in [2.05, 4.69) is 27.4 Å². The lowest BCUT2D eigenvalue weighted by Gasteiger charge is -2.59. The van der Waals surface area contributed by atoms with Crippen molar-refractivity contribution in [2.24, 2.45) is 22.7 Å². The van der Waals surface area contributed by atoms with Gasteiger partial charge >= 0.3 is 11.9 Å². The van der Waals surface area contributed by atoms with Crippen LogP contribution in [0.4, 0.5) is 0 Å². The molecule has 2 aliphatic rings. The third-order valence-corrected chi connectivity index (χ3v) is 7.95. The van der Waals surface area contributed by atoms with Crippen molar-refractivity contribution >= 4 is 11.9 Å². The molecule has 0 heterocycles. The van der Waals surface area contributed by atoms with Crippen LogP contribution >= 0.6 is 0 Å². The summed E-state index contributed by atoms with van der Waals surface area (Å²) in [5, 5.41) is 9.32. The quantitative estimate of drug-likeness (QED) is 0.341. The predicted octanol–water partition coefficient (Wildman–Crippen LogP) is 4.98. The first kappa shape index (κ1) is 24.6. The topological polar surface area (TPSA) is 72.8 Å². The van der Waals surface area contributed by atoms with Gasteiger partial charge in [-0.3, -0.25) is 4.79 Å². The molecule has 2 saturated carbocycles. The summed E-state index contributed by atoms with van der Waals surface area (Å²) in [7, 11) is 0. The molecule has 0 radical (unpaired) electrons. The standard InChI is InChI=1S/C25H40O5/c1-17(14-23(28)30-21(15-26)16-29-20(4)27)10-12-24(5)19(3)11-13-25(6)18(2)8-7-9-22(24)25/h14,19,21-22,26H,2,7-13,15-16H2,1,3-6H3/t19-,21-,22-,24+,25+/m0/s1. The van der Waals surface area contributed by atoms with Gasteiger partial charge in [-0.2, -0.15) is 0 Å². The zero-order valence-electron chi connectivity index (χ0n) is 19.5. The normalized spacial score (nSPS) is 32.9. The third kappa shape index (κ3) is 5.54. The summed E-state index contributed by atoms with van der Waals surface area (Å²) in [6.45, 7) is 14.4. The largest absolute Gasteiger partial charge is 0.462 e. The first-order valence-corrected chi connectivity index (χ1v) is 11.3. The lowest BCUT2D eigenvalue weighted by Crippen LogP contribution is -2.50. The maximum absolute atomic E-state index is 12.2. The second-order valence-electron chi connectivity index (χ2n) is 9.95.